The number of methoxy groups -OCH3 is 1. The molecule has 0 bridgehead atoms. The van der Waals surface area contributed by atoms with Crippen LogP contribution in [0.25, 0.3) is 22.2 Å². The van der Waals surface area contributed by atoms with Gasteiger partial charge in [-0.15, -0.1) is 0 Å². The lowest BCUT2D eigenvalue weighted by molar-refractivity contribution is -0.644. The van der Waals surface area contributed by atoms with E-state index >= 15 is 0 Å². The van der Waals surface area contributed by atoms with Gasteiger partial charge in [-0.1, -0.05) is 12.1 Å². The van der Waals surface area contributed by atoms with Crippen LogP contribution in [0, 0.1) is 0 Å². The monoisotopic (exact) mass is 348 g/mol. The summed E-state index contributed by atoms with van der Waals surface area (Å²) in [4.78, 5) is 15.4. The fourth-order valence-electron chi connectivity index (χ4n) is 2.99. The number of hydrogen-bond donors (Lipinski definition) is 1. The van der Waals surface area contributed by atoms with Crippen molar-refractivity contribution in [1.29, 1.82) is 0 Å². The number of nitrogens with one attached hydrogen (secondary N) is 1. The number of aryl methyl sites for hydroxylation is 1. The van der Waals surface area contributed by atoms with Crippen molar-refractivity contribution in [2.24, 2.45) is 7.05 Å². The molecule has 0 atom stereocenters. The van der Waals surface area contributed by atoms with E-state index in [2.05, 4.69) is 4.98 Å². The molecule has 1 aliphatic rings. The Morgan fingerprint density at radius 1 is 1.21 bits per heavy atom. The summed E-state index contributed by atoms with van der Waals surface area (Å²) in [5.41, 5.74) is 5.41. The maximum atomic E-state index is 12.2. The number of imidazole rings is 1. The zero-order valence-electron chi connectivity index (χ0n) is 13.2. The second kappa shape index (κ2) is 6.51. The van der Waals surface area contributed by atoms with E-state index in [0.717, 1.165) is 33.5 Å². The first-order valence-corrected chi connectivity index (χ1v) is 7.03. The number of aromatic nitrogens is 2. The second-order valence-corrected chi connectivity index (χ2v) is 5.37. The predicted molar refractivity (Wildman–Crippen MR) is 84.2 cm³/mol. The van der Waals surface area contributed by atoms with Crippen LogP contribution in [0.5, 0.6) is 5.75 Å². The molecule has 6 nitrogen and oxygen atoms in total. The Hall–Kier alpha value is -2.57. The minimum absolute atomic E-state index is 0. The molecule has 126 valence electrons. The molecule has 1 aromatic heterocycles. The smallest absolute Gasteiger partial charge is 0.339 e. The summed E-state index contributed by atoms with van der Waals surface area (Å²) >= 11 is 0. The van der Waals surface area contributed by atoms with Crippen LogP contribution in [-0.2, 0) is 18.4 Å². The third kappa shape index (κ3) is 2.50. The molecule has 3 aromatic rings. The van der Waals surface area contributed by atoms with Gasteiger partial charge in [-0.25, -0.2) is 14.3 Å². The number of esters is 1. The average Bonchev–Trinajstić information content (AvgIpc) is 3.10. The quantitative estimate of drug-likeness (QED) is 0.452. The third-order valence-corrected chi connectivity index (χ3v) is 4.11. The molecule has 0 unspecified atom stereocenters. The highest BCUT2D eigenvalue weighted by molar-refractivity contribution is 6.08. The molecule has 0 spiro atoms. The standard InChI is InChI=1S/C17H14N2O3.ClH.H2O/c1-19-9-18-16-13(19)7-11-8-22-17(20)15(11)14(16)10-3-5-12(21-2)6-4-10;;/h3-7,9H,8H2,1-2H3;1H;1H2. The molecular weight excluding hydrogens is 332 g/mol. The van der Waals surface area contributed by atoms with Crippen LogP contribution in [0.1, 0.15) is 15.9 Å². The number of rotatable bonds is 2. The fraction of sp³-hybridized carbons (Fsp3) is 0.176. The number of H-pyrrole nitrogens is 1. The van der Waals surface area contributed by atoms with Gasteiger partial charge < -0.3 is 27.4 Å². The highest BCUT2D eigenvalue weighted by Crippen LogP contribution is 2.36. The van der Waals surface area contributed by atoms with Crippen LogP contribution >= 0.6 is 0 Å². The van der Waals surface area contributed by atoms with Crippen molar-refractivity contribution in [1.82, 2.24) is 4.98 Å². The SMILES string of the molecule is COc1ccc(-c2c3c(cc4c2[nH]c[n+]4C)COC3=O)cc1.O.[Cl-]. The summed E-state index contributed by atoms with van der Waals surface area (Å²) < 4.78 is 12.4. The van der Waals surface area contributed by atoms with Crippen LogP contribution < -0.4 is 21.7 Å². The van der Waals surface area contributed by atoms with Gasteiger partial charge in [0.2, 0.25) is 6.33 Å². The van der Waals surface area contributed by atoms with Crippen molar-refractivity contribution < 1.29 is 36.7 Å². The highest BCUT2D eigenvalue weighted by Gasteiger charge is 2.30. The Morgan fingerprint density at radius 3 is 2.58 bits per heavy atom. The normalized spacial score (nSPS) is 12.2. The molecule has 24 heavy (non-hydrogen) atoms. The summed E-state index contributed by atoms with van der Waals surface area (Å²) in [7, 11) is 3.61. The van der Waals surface area contributed by atoms with Gasteiger partial charge in [-0.05, 0) is 23.8 Å². The van der Waals surface area contributed by atoms with Crippen molar-refractivity contribution in [3.05, 3.63) is 47.8 Å². The van der Waals surface area contributed by atoms with Gasteiger partial charge in [-0.3, -0.25) is 0 Å². The molecule has 7 heteroatoms. The number of carbonyl (C=O) groups excluding carboxylic acids is 1. The van der Waals surface area contributed by atoms with E-state index in [9.17, 15) is 4.79 Å². The molecule has 2 heterocycles. The zero-order valence-corrected chi connectivity index (χ0v) is 14.0. The zero-order chi connectivity index (χ0) is 15.3. The van der Waals surface area contributed by atoms with Crippen molar-refractivity contribution >= 4 is 17.0 Å². The number of cyclic esters (lactones) is 1. The van der Waals surface area contributed by atoms with E-state index < -0.39 is 0 Å². The number of benzene rings is 2. The number of nitrogens with zero attached hydrogens (tertiary/aromatic N) is 1. The molecule has 2 aromatic carbocycles. The van der Waals surface area contributed by atoms with E-state index in [1.165, 1.54) is 0 Å². The summed E-state index contributed by atoms with van der Waals surface area (Å²) in [5, 5.41) is 0. The minimum Gasteiger partial charge on any atom is -1.00 e. The molecule has 0 radical (unpaired) electrons. The van der Waals surface area contributed by atoms with Gasteiger partial charge in [0.15, 0.2) is 11.0 Å². The van der Waals surface area contributed by atoms with E-state index in [-0.39, 0.29) is 23.9 Å². The summed E-state index contributed by atoms with van der Waals surface area (Å²) in [6.45, 7) is 0.332. The first-order chi connectivity index (χ1) is 10.7. The number of halogens is 1. The van der Waals surface area contributed by atoms with Crippen LogP contribution in [0.15, 0.2) is 36.7 Å². The van der Waals surface area contributed by atoms with Gasteiger partial charge in [-0.2, -0.15) is 0 Å². The lowest BCUT2D eigenvalue weighted by Crippen LogP contribution is -3.00. The van der Waals surface area contributed by atoms with Gasteiger partial charge in [0.25, 0.3) is 0 Å². The van der Waals surface area contributed by atoms with E-state index in [1.807, 2.05) is 48.3 Å². The molecule has 1 aliphatic heterocycles. The van der Waals surface area contributed by atoms with Crippen LogP contribution in [0.2, 0.25) is 0 Å². The van der Waals surface area contributed by atoms with Gasteiger partial charge in [0.05, 0.1) is 19.7 Å². The summed E-state index contributed by atoms with van der Waals surface area (Å²) in [5.74, 6) is 0.521. The Bertz CT molecular complexity index is 903. The molecule has 0 fully saturated rings. The maximum Gasteiger partial charge on any atom is 0.339 e. The van der Waals surface area contributed by atoms with E-state index in [4.69, 9.17) is 9.47 Å². The molecular formula is C17H17ClN2O4. The first kappa shape index (κ1) is 17.8. The van der Waals surface area contributed by atoms with Crippen molar-refractivity contribution in [3.63, 3.8) is 0 Å². The van der Waals surface area contributed by atoms with Crippen LogP contribution in [0.3, 0.4) is 0 Å². The Labute approximate surface area is 144 Å². The molecule has 0 saturated heterocycles. The van der Waals surface area contributed by atoms with Gasteiger partial charge in [0, 0.05) is 11.1 Å². The fourth-order valence-corrected chi connectivity index (χ4v) is 2.99. The van der Waals surface area contributed by atoms with Crippen LogP contribution in [-0.4, -0.2) is 23.5 Å². The minimum atomic E-state index is -0.264. The molecule has 3 N–H and O–H groups in total. The van der Waals surface area contributed by atoms with E-state index in [1.54, 1.807) is 7.11 Å². The number of ether oxygens (including phenoxy) is 2. The topological polar surface area (TPSA) is 86.7 Å². The van der Waals surface area contributed by atoms with Crippen LogP contribution in [0.4, 0.5) is 0 Å². The number of aromatic amines is 1. The number of fused-ring (bicyclic) bond motifs is 2. The lowest BCUT2D eigenvalue weighted by Gasteiger charge is -2.07. The van der Waals surface area contributed by atoms with Crippen molar-refractivity contribution in [2.45, 2.75) is 6.61 Å². The highest BCUT2D eigenvalue weighted by atomic mass is 35.5. The molecule has 4 rings (SSSR count). The van der Waals surface area contributed by atoms with Crippen molar-refractivity contribution in [3.8, 4) is 16.9 Å². The Balaban J connectivity index is 0.00000104. The molecule has 0 aliphatic carbocycles. The largest absolute Gasteiger partial charge is 1.00 e. The van der Waals surface area contributed by atoms with Gasteiger partial charge >= 0.3 is 5.97 Å². The number of carbonyl (C=O) groups is 1. The average molecular weight is 349 g/mol. The lowest BCUT2D eigenvalue weighted by atomic mass is 9.95. The maximum absolute atomic E-state index is 12.2. The molecule has 0 saturated carbocycles. The van der Waals surface area contributed by atoms with Gasteiger partial charge in [0.1, 0.15) is 12.4 Å². The first-order valence-electron chi connectivity index (χ1n) is 7.03. The van der Waals surface area contributed by atoms with Crippen molar-refractivity contribution in [2.75, 3.05) is 7.11 Å². The summed E-state index contributed by atoms with van der Waals surface area (Å²) in [6.07, 6.45) is 1.89. The molecule has 0 amide bonds. The van der Waals surface area contributed by atoms with E-state index in [0.29, 0.717) is 12.2 Å². The summed E-state index contributed by atoms with van der Waals surface area (Å²) in [6, 6.07) is 9.72. The second-order valence-electron chi connectivity index (χ2n) is 5.37. The Morgan fingerprint density at radius 2 is 1.92 bits per heavy atom. The Kier molecular flexibility index (Phi) is 4.82. The predicted octanol–water partition coefficient (Wildman–Crippen LogP) is -1.48. The number of hydrogen-bond acceptors (Lipinski definition) is 3. The third-order valence-electron chi connectivity index (χ3n) is 4.11.